The number of hydrogen-bond donors (Lipinski definition) is 1. The van der Waals surface area contributed by atoms with Crippen molar-refractivity contribution >= 4 is 28.9 Å². The van der Waals surface area contributed by atoms with Gasteiger partial charge in [0.15, 0.2) is 0 Å². The number of thiazole rings is 1. The molecule has 0 spiro atoms. The standard InChI is InChI=1S/C16H16N2O3S/c1-10-9-22-14(17-10)8-21-16(20)12-3-2-4-13(7-12)18-15(19)11-5-6-11/h2-4,7,9,11H,5-6,8H2,1H3,(H,18,19). The molecule has 0 aliphatic heterocycles. The number of hydrogen-bond acceptors (Lipinski definition) is 5. The molecular formula is C16H16N2O3S. The normalized spacial score (nSPS) is 13.7. The molecule has 1 amide bonds. The zero-order valence-corrected chi connectivity index (χ0v) is 13.0. The average molecular weight is 316 g/mol. The van der Waals surface area contributed by atoms with E-state index in [1.807, 2.05) is 12.3 Å². The second kappa shape index (κ2) is 6.27. The molecule has 1 aromatic carbocycles. The molecule has 5 nitrogen and oxygen atoms in total. The van der Waals surface area contributed by atoms with Crippen LogP contribution in [-0.2, 0) is 16.1 Å². The zero-order chi connectivity index (χ0) is 15.5. The number of benzene rings is 1. The number of aromatic nitrogens is 1. The van der Waals surface area contributed by atoms with Crippen molar-refractivity contribution in [2.45, 2.75) is 26.4 Å². The number of esters is 1. The molecular weight excluding hydrogens is 300 g/mol. The topological polar surface area (TPSA) is 68.3 Å². The summed E-state index contributed by atoms with van der Waals surface area (Å²) in [4.78, 5) is 28.0. The van der Waals surface area contributed by atoms with Crippen LogP contribution in [0.15, 0.2) is 29.6 Å². The summed E-state index contributed by atoms with van der Waals surface area (Å²) in [6, 6.07) is 6.80. The van der Waals surface area contributed by atoms with Gasteiger partial charge in [-0.05, 0) is 38.0 Å². The Morgan fingerprint density at radius 1 is 1.41 bits per heavy atom. The molecule has 6 heteroatoms. The van der Waals surface area contributed by atoms with Gasteiger partial charge in [0.1, 0.15) is 11.6 Å². The summed E-state index contributed by atoms with van der Waals surface area (Å²) >= 11 is 1.46. The minimum atomic E-state index is -0.421. The Balaban J connectivity index is 1.60. The van der Waals surface area contributed by atoms with Crippen molar-refractivity contribution in [3.8, 4) is 0 Å². The fraction of sp³-hybridized carbons (Fsp3) is 0.312. The smallest absolute Gasteiger partial charge is 0.338 e. The van der Waals surface area contributed by atoms with E-state index in [0.29, 0.717) is 11.3 Å². The Hall–Kier alpha value is -2.21. The van der Waals surface area contributed by atoms with Crippen molar-refractivity contribution in [2.24, 2.45) is 5.92 Å². The van der Waals surface area contributed by atoms with Gasteiger partial charge in [-0.25, -0.2) is 9.78 Å². The molecule has 1 aliphatic carbocycles. The van der Waals surface area contributed by atoms with E-state index in [-0.39, 0.29) is 18.4 Å². The molecule has 3 rings (SSSR count). The van der Waals surface area contributed by atoms with Gasteiger partial charge in [0.25, 0.3) is 0 Å². The summed E-state index contributed by atoms with van der Waals surface area (Å²) in [6.45, 7) is 2.06. The molecule has 22 heavy (non-hydrogen) atoms. The van der Waals surface area contributed by atoms with Crippen LogP contribution in [0.1, 0.15) is 33.9 Å². The lowest BCUT2D eigenvalue weighted by molar-refractivity contribution is -0.117. The van der Waals surface area contributed by atoms with Crippen LogP contribution in [0.5, 0.6) is 0 Å². The van der Waals surface area contributed by atoms with Gasteiger partial charge in [0.2, 0.25) is 5.91 Å². The van der Waals surface area contributed by atoms with Gasteiger partial charge in [-0.15, -0.1) is 11.3 Å². The van der Waals surface area contributed by atoms with Crippen LogP contribution in [0.2, 0.25) is 0 Å². The molecule has 1 fully saturated rings. The SMILES string of the molecule is Cc1csc(COC(=O)c2cccc(NC(=O)C3CC3)c2)n1. The molecule has 1 aliphatic rings. The highest BCUT2D eigenvalue weighted by atomic mass is 32.1. The van der Waals surface area contributed by atoms with E-state index >= 15 is 0 Å². The number of ether oxygens (including phenoxy) is 1. The fourth-order valence-corrected chi connectivity index (χ4v) is 2.68. The van der Waals surface area contributed by atoms with Crippen molar-refractivity contribution in [3.05, 3.63) is 45.9 Å². The quantitative estimate of drug-likeness (QED) is 0.860. The van der Waals surface area contributed by atoms with Crippen molar-refractivity contribution in [1.82, 2.24) is 4.98 Å². The van der Waals surface area contributed by atoms with E-state index in [4.69, 9.17) is 4.74 Å². The Morgan fingerprint density at radius 3 is 2.91 bits per heavy atom. The van der Waals surface area contributed by atoms with Crippen molar-refractivity contribution < 1.29 is 14.3 Å². The molecule has 1 heterocycles. The molecule has 0 atom stereocenters. The molecule has 0 radical (unpaired) electrons. The number of aryl methyl sites for hydroxylation is 1. The van der Waals surface area contributed by atoms with E-state index in [9.17, 15) is 9.59 Å². The van der Waals surface area contributed by atoms with Crippen molar-refractivity contribution in [3.63, 3.8) is 0 Å². The molecule has 0 unspecified atom stereocenters. The number of amides is 1. The van der Waals surface area contributed by atoms with Gasteiger partial charge < -0.3 is 10.1 Å². The summed E-state index contributed by atoms with van der Waals surface area (Å²) in [7, 11) is 0. The van der Waals surface area contributed by atoms with E-state index in [2.05, 4.69) is 10.3 Å². The van der Waals surface area contributed by atoms with E-state index in [1.54, 1.807) is 24.3 Å². The highest BCUT2D eigenvalue weighted by Crippen LogP contribution is 2.30. The average Bonchev–Trinajstić information content (AvgIpc) is 3.28. The van der Waals surface area contributed by atoms with Crippen LogP contribution in [0.3, 0.4) is 0 Å². The summed E-state index contributed by atoms with van der Waals surface area (Å²) in [5.41, 5.74) is 1.96. The van der Waals surface area contributed by atoms with Gasteiger partial charge in [0.05, 0.1) is 5.56 Å². The molecule has 1 aromatic heterocycles. The van der Waals surface area contributed by atoms with Crippen molar-refractivity contribution in [2.75, 3.05) is 5.32 Å². The maximum Gasteiger partial charge on any atom is 0.338 e. The second-order valence-corrected chi connectivity index (χ2v) is 6.25. The summed E-state index contributed by atoms with van der Waals surface area (Å²) in [6.07, 6.45) is 1.89. The molecule has 0 saturated heterocycles. The van der Waals surface area contributed by atoms with Crippen LogP contribution in [0.25, 0.3) is 0 Å². The Labute approximate surface area is 132 Å². The van der Waals surface area contributed by atoms with Crippen LogP contribution in [-0.4, -0.2) is 16.9 Å². The minimum Gasteiger partial charge on any atom is -0.455 e. The highest BCUT2D eigenvalue weighted by Gasteiger charge is 2.29. The van der Waals surface area contributed by atoms with Gasteiger partial charge in [-0.2, -0.15) is 0 Å². The minimum absolute atomic E-state index is 0.0174. The van der Waals surface area contributed by atoms with Gasteiger partial charge in [0, 0.05) is 22.7 Å². The largest absolute Gasteiger partial charge is 0.455 e. The van der Waals surface area contributed by atoms with Crippen LogP contribution >= 0.6 is 11.3 Å². The number of carbonyl (C=O) groups is 2. The lowest BCUT2D eigenvalue weighted by atomic mass is 10.2. The Kier molecular flexibility index (Phi) is 4.20. The lowest BCUT2D eigenvalue weighted by Crippen LogP contribution is -2.14. The zero-order valence-electron chi connectivity index (χ0n) is 12.2. The molecule has 114 valence electrons. The van der Waals surface area contributed by atoms with E-state index < -0.39 is 5.97 Å². The maximum atomic E-state index is 12.1. The lowest BCUT2D eigenvalue weighted by Gasteiger charge is -2.07. The first-order chi connectivity index (χ1) is 10.6. The third kappa shape index (κ3) is 3.71. The monoisotopic (exact) mass is 316 g/mol. The van der Waals surface area contributed by atoms with Gasteiger partial charge in [-0.3, -0.25) is 4.79 Å². The molecule has 1 N–H and O–H groups in total. The Morgan fingerprint density at radius 2 is 2.23 bits per heavy atom. The Bertz CT molecular complexity index is 707. The number of nitrogens with one attached hydrogen (secondary N) is 1. The molecule has 0 bridgehead atoms. The first-order valence-corrected chi connectivity index (χ1v) is 7.99. The highest BCUT2D eigenvalue weighted by molar-refractivity contribution is 7.09. The first-order valence-electron chi connectivity index (χ1n) is 7.11. The second-order valence-electron chi connectivity index (χ2n) is 5.30. The fourth-order valence-electron chi connectivity index (χ4n) is 1.99. The van der Waals surface area contributed by atoms with E-state index in [0.717, 1.165) is 23.5 Å². The predicted octanol–water partition coefficient (Wildman–Crippen LogP) is 3.16. The predicted molar refractivity (Wildman–Crippen MR) is 83.8 cm³/mol. The number of anilines is 1. The molecule has 2 aromatic rings. The first kappa shape index (κ1) is 14.7. The summed E-state index contributed by atoms with van der Waals surface area (Å²) < 4.78 is 5.24. The number of rotatable bonds is 5. The van der Waals surface area contributed by atoms with Crippen LogP contribution in [0, 0.1) is 12.8 Å². The maximum absolute atomic E-state index is 12.1. The van der Waals surface area contributed by atoms with Gasteiger partial charge >= 0.3 is 5.97 Å². The van der Waals surface area contributed by atoms with Gasteiger partial charge in [-0.1, -0.05) is 6.07 Å². The summed E-state index contributed by atoms with van der Waals surface area (Å²) in [5, 5.41) is 5.50. The number of nitrogens with zero attached hydrogens (tertiary/aromatic N) is 1. The van der Waals surface area contributed by atoms with Crippen molar-refractivity contribution in [1.29, 1.82) is 0 Å². The van der Waals surface area contributed by atoms with Crippen LogP contribution in [0.4, 0.5) is 5.69 Å². The third-order valence-electron chi connectivity index (χ3n) is 3.31. The van der Waals surface area contributed by atoms with E-state index in [1.165, 1.54) is 11.3 Å². The van der Waals surface area contributed by atoms with Crippen LogP contribution < -0.4 is 5.32 Å². The third-order valence-corrected chi connectivity index (χ3v) is 4.25. The number of carbonyl (C=O) groups excluding carboxylic acids is 2. The molecule has 1 saturated carbocycles. The summed E-state index contributed by atoms with van der Waals surface area (Å²) in [5.74, 6) is -0.275.